The summed E-state index contributed by atoms with van der Waals surface area (Å²) in [4.78, 5) is 2.49. The summed E-state index contributed by atoms with van der Waals surface area (Å²) in [6.07, 6.45) is 3.26. The molecule has 1 unspecified atom stereocenters. The molecule has 1 aliphatic rings. The molecule has 2 nitrogen and oxygen atoms in total. The highest BCUT2D eigenvalue weighted by atomic mass is 15.2. The highest BCUT2D eigenvalue weighted by Crippen LogP contribution is 2.21. The van der Waals surface area contributed by atoms with Crippen LogP contribution in [0.5, 0.6) is 0 Å². The molecule has 14 heavy (non-hydrogen) atoms. The lowest BCUT2D eigenvalue weighted by Crippen LogP contribution is -2.46. The number of nitrogens with zero attached hydrogens (tertiary/aromatic N) is 1. The maximum atomic E-state index is 3.81. The van der Waals surface area contributed by atoms with Crippen LogP contribution >= 0.6 is 0 Å². The Morgan fingerprint density at radius 2 is 2.21 bits per heavy atom. The van der Waals surface area contributed by atoms with E-state index in [1.807, 2.05) is 6.08 Å². The summed E-state index contributed by atoms with van der Waals surface area (Å²) in [6.45, 7) is 15.3. The van der Waals surface area contributed by atoms with Gasteiger partial charge in [-0.3, -0.25) is 4.90 Å². The van der Waals surface area contributed by atoms with Gasteiger partial charge in [0.15, 0.2) is 0 Å². The molecule has 0 bridgehead atoms. The maximum Gasteiger partial charge on any atom is 0.0243 e. The monoisotopic (exact) mass is 196 g/mol. The summed E-state index contributed by atoms with van der Waals surface area (Å²) < 4.78 is 0. The number of hydrogen-bond donors (Lipinski definition) is 1. The molecular weight excluding hydrogens is 172 g/mol. The molecule has 1 heterocycles. The average molecular weight is 196 g/mol. The van der Waals surface area contributed by atoms with Gasteiger partial charge in [-0.1, -0.05) is 26.8 Å². The second-order valence-electron chi connectivity index (χ2n) is 5.27. The van der Waals surface area contributed by atoms with E-state index in [0.717, 1.165) is 19.6 Å². The Morgan fingerprint density at radius 1 is 1.50 bits per heavy atom. The zero-order valence-corrected chi connectivity index (χ0v) is 9.84. The van der Waals surface area contributed by atoms with Crippen LogP contribution in [0.2, 0.25) is 0 Å². The molecule has 1 fully saturated rings. The molecule has 0 aromatic carbocycles. The number of hydrogen-bond acceptors (Lipinski definition) is 2. The Balaban J connectivity index is 2.55. The molecule has 2 heteroatoms. The van der Waals surface area contributed by atoms with Gasteiger partial charge in [-0.25, -0.2) is 0 Å². The SMILES string of the molecule is C=CCN1CCCNC(C(C)(C)C)C1. The molecule has 0 amide bonds. The summed E-state index contributed by atoms with van der Waals surface area (Å²) in [5.41, 5.74) is 0.351. The second kappa shape index (κ2) is 4.94. The standard InChI is InChI=1S/C12H24N2/c1-5-8-14-9-6-7-13-11(10-14)12(2,3)4/h5,11,13H,1,6-10H2,2-4H3. The van der Waals surface area contributed by atoms with Crippen LogP contribution < -0.4 is 5.32 Å². The molecule has 1 saturated heterocycles. The first-order valence-electron chi connectivity index (χ1n) is 5.60. The van der Waals surface area contributed by atoms with E-state index in [9.17, 15) is 0 Å². The Kier molecular flexibility index (Phi) is 4.14. The molecule has 0 saturated carbocycles. The zero-order valence-electron chi connectivity index (χ0n) is 9.84. The summed E-state index contributed by atoms with van der Waals surface area (Å²) in [7, 11) is 0. The van der Waals surface area contributed by atoms with Gasteiger partial charge < -0.3 is 5.32 Å². The van der Waals surface area contributed by atoms with Gasteiger partial charge in [0, 0.05) is 19.1 Å². The van der Waals surface area contributed by atoms with Gasteiger partial charge in [-0.05, 0) is 24.9 Å². The highest BCUT2D eigenvalue weighted by Gasteiger charge is 2.27. The molecule has 82 valence electrons. The molecule has 1 atom stereocenters. The van der Waals surface area contributed by atoms with Crippen LogP contribution in [0.3, 0.4) is 0 Å². The fourth-order valence-electron chi connectivity index (χ4n) is 1.92. The van der Waals surface area contributed by atoms with E-state index in [1.165, 1.54) is 13.0 Å². The van der Waals surface area contributed by atoms with Crippen molar-refractivity contribution < 1.29 is 0 Å². The molecule has 1 N–H and O–H groups in total. The predicted octanol–water partition coefficient (Wildman–Crippen LogP) is 1.88. The minimum absolute atomic E-state index is 0.351. The topological polar surface area (TPSA) is 15.3 Å². The second-order valence-corrected chi connectivity index (χ2v) is 5.27. The van der Waals surface area contributed by atoms with Crippen molar-refractivity contribution in [1.29, 1.82) is 0 Å². The van der Waals surface area contributed by atoms with Crippen molar-refractivity contribution in [3.63, 3.8) is 0 Å². The lowest BCUT2D eigenvalue weighted by molar-refractivity contribution is 0.209. The third-order valence-corrected chi connectivity index (χ3v) is 2.92. The van der Waals surface area contributed by atoms with Crippen molar-refractivity contribution in [2.45, 2.75) is 33.2 Å². The van der Waals surface area contributed by atoms with Gasteiger partial charge in [0.05, 0.1) is 0 Å². The number of rotatable bonds is 2. The lowest BCUT2D eigenvalue weighted by Gasteiger charge is -2.33. The van der Waals surface area contributed by atoms with E-state index in [1.54, 1.807) is 0 Å². The normalized spacial score (nSPS) is 25.8. The van der Waals surface area contributed by atoms with Gasteiger partial charge in [-0.2, -0.15) is 0 Å². The highest BCUT2D eigenvalue weighted by molar-refractivity contribution is 4.87. The minimum atomic E-state index is 0.351. The third kappa shape index (κ3) is 3.43. The van der Waals surface area contributed by atoms with E-state index >= 15 is 0 Å². The summed E-state index contributed by atoms with van der Waals surface area (Å²) >= 11 is 0. The molecular formula is C12H24N2. The van der Waals surface area contributed by atoms with Crippen LogP contribution in [-0.4, -0.2) is 37.1 Å². The summed E-state index contributed by atoms with van der Waals surface area (Å²) in [5.74, 6) is 0. The van der Waals surface area contributed by atoms with Crippen LogP contribution in [0, 0.1) is 5.41 Å². The first-order chi connectivity index (χ1) is 6.54. The quantitative estimate of drug-likeness (QED) is 0.678. The predicted molar refractivity (Wildman–Crippen MR) is 62.5 cm³/mol. The van der Waals surface area contributed by atoms with E-state index < -0.39 is 0 Å². The van der Waals surface area contributed by atoms with Gasteiger partial charge >= 0.3 is 0 Å². The van der Waals surface area contributed by atoms with Crippen LogP contribution in [0.25, 0.3) is 0 Å². The molecule has 0 aliphatic carbocycles. The number of nitrogens with one attached hydrogen (secondary N) is 1. The van der Waals surface area contributed by atoms with Gasteiger partial charge in [-0.15, -0.1) is 6.58 Å². The lowest BCUT2D eigenvalue weighted by atomic mass is 9.86. The maximum absolute atomic E-state index is 3.81. The molecule has 0 radical (unpaired) electrons. The fourth-order valence-corrected chi connectivity index (χ4v) is 1.92. The minimum Gasteiger partial charge on any atom is -0.312 e. The molecule has 0 aromatic rings. The van der Waals surface area contributed by atoms with Crippen molar-refractivity contribution in [2.24, 2.45) is 5.41 Å². The van der Waals surface area contributed by atoms with Crippen molar-refractivity contribution in [2.75, 3.05) is 26.2 Å². The first-order valence-corrected chi connectivity index (χ1v) is 5.60. The van der Waals surface area contributed by atoms with E-state index in [4.69, 9.17) is 0 Å². The molecule has 1 rings (SSSR count). The summed E-state index contributed by atoms with van der Waals surface area (Å²) in [5, 5.41) is 3.63. The Morgan fingerprint density at radius 3 is 2.79 bits per heavy atom. The average Bonchev–Trinajstić information content (AvgIpc) is 2.29. The van der Waals surface area contributed by atoms with E-state index in [0.29, 0.717) is 11.5 Å². The molecule has 0 spiro atoms. The Hall–Kier alpha value is -0.340. The third-order valence-electron chi connectivity index (χ3n) is 2.92. The van der Waals surface area contributed by atoms with E-state index in [-0.39, 0.29) is 0 Å². The van der Waals surface area contributed by atoms with Crippen LogP contribution in [0.15, 0.2) is 12.7 Å². The zero-order chi connectivity index (χ0) is 10.6. The fraction of sp³-hybridized carbons (Fsp3) is 0.833. The van der Waals surface area contributed by atoms with Crippen molar-refractivity contribution >= 4 is 0 Å². The van der Waals surface area contributed by atoms with Crippen molar-refractivity contribution in [3.05, 3.63) is 12.7 Å². The van der Waals surface area contributed by atoms with Crippen molar-refractivity contribution in [1.82, 2.24) is 10.2 Å². The van der Waals surface area contributed by atoms with Crippen LogP contribution in [0.1, 0.15) is 27.2 Å². The van der Waals surface area contributed by atoms with E-state index in [2.05, 4.69) is 37.6 Å². The van der Waals surface area contributed by atoms with Crippen molar-refractivity contribution in [3.8, 4) is 0 Å². The molecule has 1 aliphatic heterocycles. The van der Waals surface area contributed by atoms with Gasteiger partial charge in [0.25, 0.3) is 0 Å². The van der Waals surface area contributed by atoms with Crippen LogP contribution in [-0.2, 0) is 0 Å². The smallest absolute Gasteiger partial charge is 0.0243 e. The Labute approximate surface area is 88.4 Å². The summed E-state index contributed by atoms with van der Waals surface area (Å²) in [6, 6.07) is 0.602. The molecule has 0 aromatic heterocycles. The van der Waals surface area contributed by atoms with Gasteiger partial charge in [0.1, 0.15) is 0 Å². The first kappa shape index (κ1) is 11.7. The Bertz CT molecular complexity index is 181. The largest absolute Gasteiger partial charge is 0.312 e. The van der Waals surface area contributed by atoms with Crippen LogP contribution in [0.4, 0.5) is 0 Å². The van der Waals surface area contributed by atoms with Gasteiger partial charge in [0.2, 0.25) is 0 Å².